The lowest BCUT2D eigenvalue weighted by Gasteiger charge is -2.13. The van der Waals surface area contributed by atoms with Crippen LogP contribution in [0.25, 0.3) is 0 Å². The maximum Gasteiger partial charge on any atom is 0.202 e. The lowest BCUT2D eigenvalue weighted by Crippen LogP contribution is -2.25. The molecule has 1 fully saturated rings. The first-order valence-electron chi connectivity index (χ1n) is 4.67. The molecular formula is C9H16N4. The van der Waals surface area contributed by atoms with Crippen molar-refractivity contribution in [1.82, 2.24) is 9.55 Å². The van der Waals surface area contributed by atoms with E-state index in [9.17, 15) is 0 Å². The van der Waals surface area contributed by atoms with Gasteiger partial charge in [0.1, 0.15) is 0 Å². The molecule has 0 amide bonds. The molecule has 4 nitrogen and oxygen atoms in total. The summed E-state index contributed by atoms with van der Waals surface area (Å²) in [7, 11) is 1.98. The SMILES string of the molecule is Cn1ccnc1NCC1(CN)CC1. The smallest absolute Gasteiger partial charge is 0.202 e. The molecule has 1 aromatic rings. The minimum atomic E-state index is 0.367. The van der Waals surface area contributed by atoms with Crippen LogP contribution in [0, 0.1) is 5.41 Å². The molecule has 0 saturated heterocycles. The minimum absolute atomic E-state index is 0.367. The van der Waals surface area contributed by atoms with E-state index in [0.29, 0.717) is 5.41 Å². The van der Waals surface area contributed by atoms with E-state index in [0.717, 1.165) is 19.0 Å². The van der Waals surface area contributed by atoms with Crippen molar-refractivity contribution in [3.63, 3.8) is 0 Å². The van der Waals surface area contributed by atoms with Crippen molar-refractivity contribution >= 4 is 5.95 Å². The normalized spacial score (nSPS) is 18.6. The van der Waals surface area contributed by atoms with Gasteiger partial charge in [0.15, 0.2) is 0 Å². The van der Waals surface area contributed by atoms with Crippen molar-refractivity contribution in [3.05, 3.63) is 12.4 Å². The van der Waals surface area contributed by atoms with Gasteiger partial charge in [-0.25, -0.2) is 4.98 Å². The highest BCUT2D eigenvalue weighted by molar-refractivity contribution is 5.26. The maximum absolute atomic E-state index is 5.68. The van der Waals surface area contributed by atoms with Crippen LogP contribution >= 0.6 is 0 Å². The van der Waals surface area contributed by atoms with Crippen LogP contribution in [-0.4, -0.2) is 22.6 Å². The Hall–Kier alpha value is -1.03. The number of aryl methyl sites for hydroxylation is 1. The second kappa shape index (κ2) is 3.03. The molecule has 72 valence electrons. The Morgan fingerprint density at radius 3 is 2.92 bits per heavy atom. The van der Waals surface area contributed by atoms with E-state index >= 15 is 0 Å². The summed E-state index contributed by atoms with van der Waals surface area (Å²) in [5.74, 6) is 0.930. The first kappa shape index (κ1) is 8.56. The Balaban J connectivity index is 1.90. The fourth-order valence-electron chi connectivity index (χ4n) is 1.43. The first-order valence-corrected chi connectivity index (χ1v) is 4.67. The van der Waals surface area contributed by atoms with Crippen molar-refractivity contribution < 1.29 is 0 Å². The highest BCUT2D eigenvalue weighted by atomic mass is 15.2. The van der Waals surface area contributed by atoms with Crippen LogP contribution in [0.15, 0.2) is 12.4 Å². The van der Waals surface area contributed by atoms with Gasteiger partial charge in [-0.1, -0.05) is 0 Å². The zero-order chi connectivity index (χ0) is 9.31. The number of hydrogen-bond acceptors (Lipinski definition) is 3. The zero-order valence-corrected chi connectivity index (χ0v) is 7.95. The van der Waals surface area contributed by atoms with Gasteiger partial charge in [-0.05, 0) is 24.8 Å². The predicted molar refractivity (Wildman–Crippen MR) is 52.4 cm³/mol. The quantitative estimate of drug-likeness (QED) is 0.712. The highest BCUT2D eigenvalue weighted by Crippen LogP contribution is 2.44. The van der Waals surface area contributed by atoms with Crippen LogP contribution in [0.2, 0.25) is 0 Å². The summed E-state index contributed by atoms with van der Waals surface area (Å²) >= 11 is 0. The third kappa shape index (κ3) is 1.67. The summed E-state index contributed by atoms with van der Waals surface area (Å²) < 4.78 is 1.98. The average molecular weight is 180 g/mol. The van der Waals surface area contributed by atoms with Crippen molar-refractivity contribution in [2.45, 2.75) is 12.8 Å². The van der Waals surface area contributed by atoms with Gasteiger partial charge in [0.2, 0.25) is 5.95 Å². The molecule has 0 spiro atoms. The topological polar surface area (TPSA) is 55.9 Å². The van der Waals surface area contributed by atoms with Gasteiger partial charge in [-0.3, -0.25) is 0 Å². The molecule has 0 radical (unpaired) electrons. The minimum Gasteiger partial charge on any atom is -0.355 e. The van der Waals surface area contributed by atoms with Gasteiger partial charge in [0, 0.05) is 26.0 Å². The molecule has 1 saturated carbocycles. The van der Waals surface area contributed by atoms with E-state index in [2.05, 4.69) is 10.3 Å². The van der Waals surface area contributed by atoms with E-state index < -0.39 is 0 Å². The molecule has 3 N–H and O–H groups in total. The zero-order valence-electron chi connectivity index (χ0n) is 7.95. The van der Waals surface area contributed by atoms with Crippen molar-refractivity contribution in [1.29, 1.82) is 0 Å². The van der Waals surface area contributed by atoms with Gasteiger partial charge in [-0.15, -0.1) is 0 Å². The third-order valence-corrected chi connectivity index (χ3v) is 2.83. The van der Waals surface area contributed by atoms with E-state index in [1.807, 2.05) is 17.8 Å². The molecule has 13 heavy (non-hydrogen) atoms. The number of imidazole rings is 1. The molecule has 1 aromatic heterocycles. The van der Waals surface area contributed by atoms with Crippen molar-refractivity contribution in [2.75, 3.05) is 18.4 Å². The number of rotatable bonds is 4. The lowest BCUT2D eigenvalue weighted by molar-refractivity contribution is 0.552. The van der Waals surface area contributed by atoms with E-state index in [1.54, 1.807) is 6.20 Å². The largest absolute Gasteiger partial charge is 0.355 e. The molecule has 1 aliphatic rings. The number of hydrogen-bond donors (Lipinski definition) is 2. The molecule has 1 heterocycles. The van der Waals surface area contributed by atoms with Gasteiger partial charge < -0.3 is 15.6 Å². The van der Waals surface area contributed by atoms with Crippen LogP contribution in [0.4, 0.5) is 5.95 Å². The van der Waals surface area contributed by atoms with Gasteiger partial charge in [0.05, 0.1) is 0 Å². The summed E-state index contributed by atoms with van der Waals surface area (Å²) in [6, 6.07) is 0. The Kier molecular flexibility index (Phi) is 2.00. The number of nitrogens with one attached hydrogen (secondary N) is 1. The number of nitrogens with zero attached hydrogens (tertiary/aromatic N) is 2. The highest BCUT2D eigenvalue weighted by Gasteiger charge is 2.40. The molecule has 0 atom stereocenters. The summed E-state index contributed by atoms with van der Waals surface area (Å²) in [5, 5.41) is 3.32. The average Bonchev–Trinajstić information content (AvgIpc) is 2.82. The lowest BCUT2D eigenvalue weighted by atomic mass is 10.1. The number of nitrogens with two attached hydrogens (primary N) is 1. The van der Waals surface area contributed by atoms with Crippen LogP contribution in [0.3, 0.4) is 0 Å². The van der Waals surface area contributed by atoms with Crippen LogP contribution in [-0.2, 0) is 7.05 Å². The summed E-state index contributed by atoms with van der Waals surface area (Å²) in [6.07, 6.45) is 6.23. The Labute approximate surface area is 78.1 Å². The molecule has 2 rings (SSSR count). The van der Waals surface area contributed by atoms with Crippen molar-refractivity contribution in [2.24, 2.45) is 18.2 Å². The van der Waals surface area contributed by atoms with Crippen LogP contribution in [0.1, 0.15) is 12.8 Å². The van der Waals surface area contributed by atoms with Gasteiger partial charge in [0.25, 0.3) is 0 Å². The molecule has 4 heteroatoms. The summed E-state index contributed by atoms with van der Waals surface area (Å²) in [5.41, 5.74) is 6.05. The van der Waals surface area contributed by atoms with E-state index in [-0.39, 0.29) is 0 Å². The predicted octanol–water partition coefficient (Wildman–Crippen LogP) is 0.571. The second-order valence-corrected chi connectivity index (χ2v) is 3.92. The fraction of sp³-hybridized carbons (Fsp3) is 0.667. The van der Waals surface area contributed by atoms with Gasteiger partial charge in [-0.2, -0.15) is 0 Å². The monoisotopic (exact) mass is 180 g/mol. The maximum atomic E-state index is 5.68. The molecule has 0 unspecified atom stereocenters. The molecule has 0 aromatic carbocycles. The van der Waals surface area contributed by atoms with Crippen LogP contribution in [0.5, 0.6) is 0 Å². The first-order chi connectivity index (χ1) is 6.26. The third-order valence-electron chi connectivity index (χ3n) is 2.83. The Morgan fingerprint density at radius 1 is 1.69 bits per heavy atom. The van der Waals surface area contributed by atoms with Crippen molar-refractivity contribution in [3.8, 4) is 0 Å². The van der Waals surface area contributed by atoms with E-state index in [1.165, 1.54) is 12.8 Å². The Morgan fingerprint density at radius 2 is 2.46 bits per heavy atom. The summed E-state index contributed by atoms with van der Waals surface area (Å²) in [6.45, 7) is 1.73. The fourth-order valence-corrected chi connectivity index (χ4v) is 1.43. The number of aromatic nitrogens is 2. The summed E-state index contributed by atoms with van der Waals surface area (Å²) in [4.78, 5) is 4.19. The molecule has 1 aliphatic carbocycles. The van der Waals surface area contributed by atoms with Crippen LogP contribution < -0.4 is 11.1 Å². The van der Waals surface area contributed by atoms with Gasteiger partial charge >= 0.3 is 0 Å². The molecular weight excluding hydrogens is 164 g/mol. The molecule has 0 bridgehead atoms. The Bertz CT molecular complexity index is 288. The standard InChI is InChI=1S/C9H16N4/c1-13-5-4-11-8(13)12-7-9(6-10)2-3-9/h4-5H,2-3,6-7,10H2,1H3,(H,11,12). The van der Waals surface area contributed by atoms with E-state index in [4.69, 9.17) is 5.73 Å². The number of anilines is 1. The second-order valence-electron chi connectivity index (χ2n) is 3.92. The molecule has 0 aliphatic heterocycles.